The molecule has 192 valence electrons. The third-order valence-corrected chi connectivity index (χ3v) is 11.3. The van der Waals surface area contributed by atoms with Gasteiger partial charge in [0.05, 0.1) is 25.7 Å². The smallest absolute Gasteiger partial charge is 0.0944 e. The normalized spacial score (nSPS) is 46.0. The van der Waals surface area contributed by atoms with Crippen molar-refractivity contribution in [3.63, 3.8) is 0 Å². The van der Waals surface area contributed by atoms with Crippen molar-refractivity contribution in [3.05, 3.63) is 0 Å². The van der Waals surface area contributed by atoms with E-state index in [2.05, 4.69) is 39.8 Å². The van der Waals surface area contributed by atoms with Crippen molar-refractivity contribution in [2.45, 2.75) is 97.2 Å². The van der Waals surface area contributed by atoms with Crippen LogP contribution in [-0.4, -0.2) is 51.2 Å². The van der Waals surface area contributed by atoms with Crippen LogP contribution >= 0.6 is 0 Å². The highest BCUT2D eigenvalue weighted by Crippen LogP contribution is 2.69. The van der Waals surface area contributed by atoms with Gasteiger partial charge in [-0.2, -0.15) is 0 Å². The predicted molar refractivity (Wildman–Crippen MR) is 135 cm³/mol. The molecule has 4 N–H and O–H groups in total. The van der Waals surface area contributed by atoms with E-state index in [-0.39, 0.29) is 5.41 Å². The van der Waals surface area contributed by atoms with Crippen molar-refractivity contribution in [2.75, 3.05) is 34.1 Å². The van der Waals surface area contributed by atoms with Crippen LogP contribution in [0.4, 0.5) is 0 Å². The Hall–Kier alpha value is -0.200. The number of hydrogen-bond acceptors (Lipinski definition) is 5. The van der Waals surface area contributed by atoms with Gasteiger partial charge in [0.2, 0.25) is 0 Å². The first-order valence-corrected chi connectivity index (χ1v) is 14.0. The van der Waals surface area contributed by atoms with Gasteiger partial charge in [0, 0.05) is 0 Å². The molecule has 0 spiro atoms. The SMILES string of the molecule is C[C@H](CCCN(C)C)[C@H]1CC[C@H]2[C@@H]3CC[C@@H]4C[C@H](OCN)CC[C@]4(C)[C@H]3C[C@H](OCN)[C@]12C. The van der Waals surface area contributed by atoms with Crippen LogP contribution in [0.3, 0.4) is 0 Å². The minimum atomic E-state index is 0.279. The quantitative estimate of drug-likeness (QED) is 0.479. The second kappa shape index (κ2) is 10.4. The fraction of sp³-hybridized carbons (Fsp3) is 1.00. The first-order chi connectivity index (χ1) is 15.8. The molecule has 4 aliphatic carbocycles. The van der Waals surface area contributed by atoms with Crippen molar-refractivity contribution in [2.24, 2.45) is 57.8 Å². The van der Waals surface area contributed by atoms with Crippen molar-refractivity contribution in [1.29, 1.82) is 0 Å². The minimum absolute atomic E-state index is 0.279. The van der Waals surface area contributed by atoms with Gasteiger partial charge in [-0.05, 0) is 131 Å². The summed E-state index contributed by atoms with van der Waals surface area (Å²) in [5.41, 5.74) is 12.5. The molecule has 0 bridgehead atoms. The molecule has 0 saturated heterocycles. The number of nitrogens with two attached hydrogens (primary N) is 2. The van der Waals surface area contributed by atoms with Crippen molar-refractivity contribution < 1.29 is 9.47 Å². The molecule has 4 aliphatic rings. The summed E-state index contributed by atoms with van der Waals surface area (Å²) in [5, 5.41) is 0. The van der Waals surface area contributed by atoms with E-state index in [9.17, 15) is 0 Å². The zero-order valence-corrected chi connectivity index (χ0v) is 22.2. The molecule has 0 aromatic rings. The van der Waals surface area contributed by atoms with E-state index in [0.717, 1.165) is 35.5 Å². The molecule has 0 heterocycles. The van der Waals surface area contributed by atoms with Crippen molar-refractivity contribution in [1.82, 2.24) is 4.90 Å². The van der Waals surface area contributed by atoms with Crippen LogP contribution in [0.15, 0.2) is 0 Å². The molecule has 5 nitrogen and oxygen atoms in total. The van der Waals surface area contributed by atoms with Gasteiger partial charge in [0.15, 0.2) is 0 Å². The first kappa shape index (κ1) is 25.9. The standard InChI is InChI=1S/C28H53N3O2/c1-19(7-6-14-31(4)5)23-10-11-24-22-9-8-20-15-21(32-17-29)12-13-27(20,2)25(22)16-26(33-18-30)28(23,24)3/h19-26H,6-18,29-30H2,1-5H3/t19-,20-,21-,22+,23-,24+,25+,26+,27+,28-/m1/s1. The third kappa shape index (κ3) is 4.67. The first-order valence-electron chi connectivity index (χ1n) is 14.0. The second-order valence-corrected chi connectivity index (χ2v) is 12.9. The highest BCUT2D eigenvalue weighted by Gasteiger charge is 2.64. The molecule has 4 fully saturated rings. The topological polar surface area (TPSA) is 73.7 Å². The largest absolute Gasteiger partial charge is 0.363 e. The fourth-order valence-electron chi connectivity index (χ4n) is 9.70. The summed E-state index contributed by atoms with van der Waals surface area (Å²) in [6.45, 7) is 9.66. The van der Waals surface area contributed by atoms with E-state index in [0.29, 0.717) is 31.1 Å². The molecular weight excluding hydrogens is 410 g/mol. The lowest BCUT2D eigenvalue weighted by Gasteiger charge is -2.63. The van der Waals surface area contributed by atoms with Crippen LogP contribution in [0.2, 0.25) is 0 Å². The summed E-state index contributed by atoms with van der Waals surface area (Å²) >= 11 is 0. The number of ether oxygens (including phenoxy) is 2. The van der Waals surface area contributed by atoms with Gasteiger partial charge < -0.3 is 25.8 Å². The molecule has 0 aromatic heterocycles. The Kier molecular flexibility index (Phi) is 8.17. The minimum Gasteiger partial charge on any atom is -0.363 e. The molecule has 10 atom stereocenters. The Labute approximate surface area is 203 Å². The summed E-state index contributed by atoms with van der Waals surface area (Å²) in [6, 6.07) is 0. The molecule has 0 aromatic carbocycles. The van der Waals surface area contributed by atoms with E-state index >= 15 is 0 Å². The zero-order chi connectivity index (χ0) is 23.8. The van der Waals surface area contributed by atoms with Crippen molar-refractivity contribution >= 4 is 0 Å². The predicted octanol–water partition coefficient (Wildman–Crippen LogP) is 4.84. The summed E-state index contributed by atoms with van der Waals surface area (Å²) in [7, 11) is 4.38. The van der Waals surface area contributed by atoms with Crippen molar-refractivity contribution in [3.8, 4) is 0 Å². The monoisotopic (exact) mass is 463 g/mol. The van der Waals surface area contributed by atoms with E-state index in [1.807, 2.05) is 0 Å². The van der Waals surface area contributed by atoms with Gasteiger partial charge >= 0.3 is 0 Å². The molecule has 4 rings (SSSR count). The number of fused-ring (bicyclic) bond motifs is 5. The molecular formula is C28H53N3O2. The summed E-state index contributed by atoms with van der Waals surface area (Å²) in [5.74, 6) is 4.73. The Balaban J connectivity index is 1.54. The lowest BCUT2D eigenvalue weighted by Crippen LogP contribution is -2.59. The summed E-state index contributed by atoms with van der Waals surface area (Å²) < 4.78 is 12.4. The highest BCUT2D eigenvalue weighted by atomic mass is 16.5. The van der Waals surface area contributed by atoms with E-state index < -0.39 is 0 Å². The van der Waals surface area contributed by atoms with Gasteiger partial charge in [0.1, 0.15) is 0 Å². The van der Waals surface area contributed by atoms with Gasteiger partial charge in [-0.3, -0.25) is 0 Å². The van der Waals surface area contributed by atoms with Crippen LogP contribution in [0.25, 0.3) is 0 Å². The average Bonchev–Trinajstić information content (AvgIpc) is 3.13. The molecule has 0 radical (unpaired) electrons. The Morgan fingerprint density at radius 3 is 2.39 bits per heavy atom. The highest BCUT2D eigenvalue weighted by molar-refractivity contribution is 5.13. The molecule has 0 unspecified atom stereocenters. The van der Waals surface area contributed by atoms with E-state index in [1.54, 1.807) is 0 Å². The zero-order valence-electron chi connectivity index (χ0n) is 22.2. The van der Waals surface area contributed by atoms with Crippen LogP contribution < -0.4 is 11.5 Å². The lowest BCUT2D eigenvalue weighted by molar-refractivity contribution is -0.192. The molecule has 5 heteroatoms. The van der Waals surface area contributed by atoms with Crippen LogP contribution in [0.1, 0.15) is 85.0 Å². The number of nitrogens with zero attached hydrogens (tertiary/aromatic N) is 1. The Morgan fingerprint density at radius 2 is 1.70 bits per heavy atom. The fourth-order valence-corrected chi connectivity index (χ4v) is 9.70. The average molecular weight is 464 g/mol. The maximum absolute atomic E-state index is 6.48. The Bertz CT molecular complexity index is 645. The molecule has 0 amide bonds. The number of hydrogen-bond donors (Lipinski definition) is 2. The third-order valence-electron chi connectivity index (χ3n) is 11.3. The second-order valence-electron chi connectivity index (χ2n) is 12.9. The molecule has 0 aliphatic heterocycles. The van der Waals surface area contributed by atoms with E-state index in [4.69, 9.17) is 20.9 Å². The van der Waals surface area contributed by atoms with Gasteiger partial charge in [-0.15, -0.1) is 0 Å². The van der Waals surface area contributed by atoms with Crippen LogP contribution in [-0.2, 0) is 9.47 Å². The maximum atomic E-state index is 6.48. The molecule has 33 heavy (non-hydrogen) atoms. The maximum Gasteiger partial charge on any atom is 0.0944 e. The summed E-state index contributed by atoms with van der Waals surface area (Å²) in [6.07, 6.45) is 13.7. The lowest BCUT2D eigenvalue weighted by atomic mass is 9.43. The Morgan fingerprint density at radius 1 is 0.939 bits per heavy atom. The summed E-state index contributed by atoms with van der Waals surface area (Å²) in [4.78, 5) is 2.32. The van der Waals surface area contributed by atoms with Gasteiger partial charge in [0.25, 0.3) is 0 Å². The number of rotatable bonds is 9. The van der Waals surface area contributed by atoms with Gasteiger partial charge in [-0.25, -0.2) is 0 Å². The van der Waals surface area contributed by atoms with Crippen LogP contribution in [0, 0.1) is 46.3 Å². The van der Waals surface area contributed by atoms with Gasteiger partial charge in [-0.1, -0.05) is 20.8 Å². The van der Waals surface area contributed by atoms with Crippen LogP contribution in [0.5, 0.6) is 0 Å². The van der Waals surface area contributed by atoms with E-state index in [1.165, 1.54) is 70.8 Å². The molecule has 4 saturated carbocycles.